The predicted molar refractivity (Wildman–Crippen MR) is 119 cm³/mol. The van der Waals surface area contributed by atoms with Gasteiger partial charge >= 0.3 is 0 Å². The van der Waals surface area contributed by atoms with Crippen LogP contribution in [0.3, 0.4) is 0 Å². The Morgan fingerprint density at radius 2 is 1.88 bits per heavy atom. The van der Waals surface area contributed by atoms with Crippen LogP contribution in [0.5, 0.6) is 0 Å². The van der Waals surface area contributed by atoms with Crippen molar-refractivity contribution in [3.05, 3.63) is 65.0 Å². The highest BCUT2D eigenvalue weighted by Gasteiger charge is 2.36. The summed E-state index contributed by atoms with van der Waals surface area (Å²) < 4.78 is 13.2. The lowest BCUT2D eigenvalue weighted by molar-refractivity contribution is -0.127. The van der Waals surface area contributed by atoms with E-state index < -0.39 is 11.6 Å². The Morgan fingerprint density at radius 1 is 1.16 bits per heavy atom. The molecule has 0 radical (unpaired) electrons. The van der Waals surface area contributed by atoms with Crippen LogP contribution in [0, 0.1) is 17.1 Å². The Labute approximate surface area is 187 Å². The molecule has 0 bridgehead atoms. The summed E-state index contributed by atoms with van der Waals surface area (Å²) >= 11 is 0. The number of hydrogen-bond acceptors (Lipinski definition) is 4. The molecule has 2 aliphatic rings. The van der Waals surface area contributed by atoms with Crippen molar-refractivity contribution in [2.75, 3.05) is 4.90 Å². The van der Waals surface area contributed by atoms with E-state index in [0.29, 0.717) is 31.5 Å². The molecule has 0 unspecified atom stereocenters. The van der Waals surface area contributed by atoms with Crippen molar-refractivity contribution in [1.82, 2.24) is 5.32 Å². The lowest BCUT2D eigenvalue weighted by Crippen LogP contribution is -2.57. The summed E-state index contributed by atoms with van der Waals surface area (Å²) in [6.07, 6.45) is 4.80. The Kier molecular flexibility index (Phi) is 6.24. The number of rotatable bonds is 5. The van der Waals surface area contributed by atoms with Crippen molar-refractivity contribution in [3.8, 4) is 6.07 Å². The fourth-order valence-electron chi connectivity index (χ4n) is 4.57. The lowest BCUT2D eigenvalue weighted by Gasteiger charge is -2.32. The van der Waals surface area contributed by atoms with Crippen molar-refractivity contribution < 1.29 is 14.0 Å². The lowest BCUT2D eigenvalue weighted by atomic mass is 9.81. The average molecular weight is 435 g/mol. The molecule has 1 fully saturated rings. The Bertz CT molecular complexity index is 1050. The van der Waals surface area contributed by atoms with Crippen LogP contribution in [-0.4, -0.2) is 23.4 Å². The van der Waals surface area contributed by atoms with Gasteiger partial charge in [0.2, 0.25) is 11.8 Å². The topological polar surface area (TPSA) is 99.2 Å². The van der Waals surface area contributed by atoms with Crippen molar-refractivity contribution in [3.63, 3.8) is 0 Å². The Morgan fingerprint density at radius 3 is 2.56 bits per heavy atom. The minimum Gasteiger partial charge on any atom is -0.338 e. The fraction of sp³-hybridized carbons (Fsp3) is 0.400. The molecule has 6 nitrogen and oxygen atoms in total. The number of benzene rings is 2. The van der Waals surface area contributed by atoms with Crippen molar-refractivity contribution >= 4 is 17.5 Å². The van der Waals surface area contributed by atoms with Crippen LogP contribution < -0.4 is 16.0 Å². The number of carbonyl (C=O) groups excluding carboxylic acids is 2. The van der Waals surface area contributed by atoms with E-state index in [4.69, 9.17) is 5.73 Å². The van der Waals surface area contributed by atoms with Crippen LogP contribution in [0.2, 0.25) is 0 Å². The van der Waals surface area contributed by atoms with E-state index in [1.807, 2.05) is 18.2 Å². The number of nitrogens with one attached hydrogen (secondary N) is 1. The van der Waals surface area contributed by atoms with E-state index in [9.17, 15) is 19.2 Å². The third-order valence-electron chi connectivity index (χ3n) is 6.48. The van der Waals surface area contributed by atoms with Gasteiger partial charge in [-0.05, 0) is 53.8 Å². The van der Waals surface area contributed by atoms with E-state index in [1.54, 1.807) is 17.0 Å². The summed E-state index contributed by atoms with van der Waals surface area (Å²) in [5, 5.41) is 12.4. The number of anilines is 1. The molecule has 7 heteroatoms. The minimum atomic E-state index is -0.889. The maximum Gasteiger partial charge on any atom is 0.241 e. The average Bonchev–Trinajstić information content (AvgIpc) is 2.79. The third-order valence-corrected chi connectivity index (χ3v) is 6.48. The van der Waals surface area contributed by atoms with E-state index in [2.05, 4.69) is 11.4 Å². The zero-order valence-electron chi connectivity index (χ0n) is 17.9. The van der Waals surface area contributed by atoms with E-state index in [0.717, 1.165) is 36.0 Å². The molecule has 4 rings (SSSR count). The number of amides is 2. The maximum absolute atomic E-state index is 13.2. The molecule has 1 atom stereocenters. The second kappa shape index (κ2) is 9.09. The molecule has 2 amide bonds. The third kappa shape index (κ3) is 4.66. The van der Waals surface area contributed by atoms with E-state index in [1.165, 1.54) is 12.1 Å². The molecule has 3 N–H and O–H groups in total. The first-order valence-corrected chi connectivity index (χ1v) is 11.0. The van der Waals surface area contributed by atoms with E-state index in [-0.39, 0.29) is 24.1 Å². The monoisotopic (exact) mass is 434 g/mol. The first kappa shape index (κ1) is 22.0. The first-order valence-electron chi connectivity index (χ1n) is 11.0. The van der Waals surface area contributed by atoms with Gasteiger partial charge in [0.15, 0.2) is 0 Å². The second-order valence-corrected chi connectivity index (χ2v) is 8.81. The van der Waals surface area contributed by atoms with Crippen molar-refractivity contribution in [2.24, 2.45) is 5.73 Å². The van der Waals surface area contributed by atoms with Gasteiger partial charge in [0, 0.05) is 12.1 Å². The van der Waals surface area contributed by atoms with Gasteiger partial charge in [0.1, 0.15) is 11.9 Å². The molecule has 2 aromatic rings. The van der Waals surface area contributed by atoms with Gasteiger partial charge in [0.05, 0.1) is 24.6 Å². The summed E-state index contributed by atoms with van der Waals surface area (Å²) in [5.41, 5.74) is 8.87. The Balaban J connectivity index is 1.44. The number of nitrogens with zero attached hydrogens (tertiary/aromatic N) is 2. The molecular weight excluding hydrogens is 407 g/mol. The second-order valence-electron chi connectivity index (χ2n) is 8.81. The highest BCUT2D eigenvalue weighted by Crippen LogP contribution is 2.28. The summed E-state index contributed by atoms with van der Waals surface area (Å²) in [7, 11) is 0. The van der Waals surface area contributed by atoms with Crippen LogP contribution in [-0.2, 0) is 29.0 Å². The molecule has 1 aliphatic heterocycles. The SMILES string of the molecule is N#C[C@H](Cc1ccc2c(c1)CC(=O)N(c1ccc(F)cc1)C2)NC(=O)C1(N)CCCCC1. The zero-order chi connectivity index (χ0) is 22.7. The number of hydrogen-bond donors (Lipinski definition) is 2. The molecule has 1 heterocycles. The minimum absolute atomic E-state index is 0.0613. The standard InChI is InChI=1S/C25H27FN4O2/c26-20-6-8-22(9-7-20)30-16-18-5-4-17(12-19(18)14-23(30)31)13-21(15-27)29-24(32)25(28)10-2-1-3-11-25/h4-9,12,21H,1-3,10-11,13-14,16,28H2,(H,29,32)/t21-/m0/s1. The number of nitriles is 1. The highest BCUT2D eigenvalue weighted by atomic mass is 19.1. The van der Waals surface area contributed by atoms with E-state index >= 15 is 0 Å². The summed E-state index contributed by atoms with van der Waals surface area (Å²) in [6.45, 7) is 0.411. The summed E-state index contributed by atoms with van der Waals surface area (Å²) in [4.78, 5) is 27.0. The first-order chi connectivity index (χ1) is 15.4. The Hall–Kier alpha value is -3.24. The molecule has 1 aliphatic carbocycles. The molecule has 0 aromatic heterocycles. The van der Waals surface area contributed by atoms with Crippen LogP contribution in [0.4, 0.5) is 10.1 Å². The van der Waals surface area contributed by atoms with Crippen molar-refractivity contribution in [2.45, 2.75) is 63.1 Å². The molecule has 0 spiro atoms. The molecular formula is C25H27FN4O2. The largest absolute Gasteiger partial charge is 0.338 e. The summed E-state index contributed by atoms with van der Waals surface area (Å²) in [6, 6.07) is 13.2. The van der Waals surface area contributed by atoms with Crippen LogP contribution in [0.25, 0.3) is 0 Å². The number of carbonyl (C=O) groups is 2. The van der Waals surface area contributed by atoms with Gasteiger partial charge in [-0.25, -0.2) is 4.39 Å². The molecule has 2 aromatic carbocycles. The molecule has 1 saturated carbocycles. The van der Waals surface area contributed by atoms with Crippen LogP contribution in [0.15, 0.2) is 42.5 Å². The smallest absolute Gasteiger partial charge is 0.241 e. The van der Waals surface area contributed by atoms with Gasteiger partial charge < -0.3 is 16.0 Å². The van der Waals surface area contributed by atoms with Crippen molar-refractivity contribution in [1.29, 1.82) is 5.26 Å². The number of nitrogens with two attached hydrogens (primary N) is 1. The van der Waals surface area contributed by atoms with Crippen LogP contribution in [0.1, 0.15) is 48.8 Å². The zero-order valence-corrected chi connectivity index (χ0v) is 17.9. The number of halogens is 1. The fourth-order valence-corrected chi connectivity index (χ4v) is 4.57. The maximum atomic E-state index is 13.2. The summed E-state index contributed by atoms with van der Waals surface area (Å²) in [5.74, 6) is -0.660. The normalized spacial score (nSPS) is 18.4. The predicted octanol–water partition coefficient (Wildman–Crippen LogP) is 3.13. The van der Waals surface area contributed by atoms with Gasteiger partial charge in [-0.2, -0.15) is 5.26 Å². The highest BCUT2D eigenvalue weighted by molar-refractivity contribution is 5.96. The molecule has 32 heavy (non-hydrogen) atoms. The molecule has 0 saturated heterocycles. The van der Waals surface area contributed by atoms with Crippen LogP contribution >= 0.6 is 0 Å². The van der Waals surface area contributed by atoms with Gasteiger partial charge in [0.25, 0.3) is 0 Å². The van der Waals surface area contributed by atoms with Gasteiger partial charge in [-0.1, -0.05) is 37.5 Å². The molecule has 166 valence electrons. The van der Waals surface area contributed by atoms with Gasteiger partial charge in [-0.15, -0.1) is 0 Å². The number of fused-ring (bicyclic) bond motifs is 1. The quantitative estimate of drug-likeness (QED) is 0.755. The van der Waals surface area contributed by atoms with Gasteiger partial charge in [-0.3, -0.25) is 9.59 Å².